The van der Waals surface area contributed by atoms with Crippen molar-refractivity contribution in [2.75, 3.05) is 0 Å². The number of hydrogen-bond acceptors (Lipinski definition) is 2. The summed E-state index contributed by atoms with van der Waals surface area (Å²) in [4.78, 5) is 0. The van der Waals surface area contributed by atoms with E-state index in [2.05, 4.69) is 20.8 Å². The predicted octanol–water partition coefficient (Wildman–Crippen LogP) is 2.44. The van der Waals surface area contributed by atoms with Crippen LogP contribution in [0, 0.1) is 35.0 Å². The molecule has 0 aromatic carbocycles. The molecule has 2 N–H and O–H groups in total. The lowest BCUT2D eigenvalue weighted by Gasteiger charge is -2.51. The van der Waals surface area contributed by atoms with E-state index in [9.17, 15) is 10.2 Å². The molecule has 17 heavy (non-hydrogen) atoms. The molecule has 0 unspecified atom stereocenters. The van der Waals surface area contributed by atoms with Gasteiger partial charge >= 0.3 is 0 Å². The molecule has 0 heterocycles. The molecule has 3 fully saturated rings. The van der Waals surface area contributed by atoms with Crippen LogP contribution in [0.15, 0.2) is 0 Å². The van der Waals surface area contributed by atoms with Crippen molar-refractivity contribution in [1.82, 2.24) is 0 Å². The van der Waals surface area contributed by atoms with Crippen molar-refractivity contribution in [3.05, 3.63) is 0 Å². The maximum Gasteiger partial charge on any atom is 0.0657 e. The summed E-state index contributed by atoms with van der Waals surface area (Å²) >= 11 is 0. The van der Waals surface area contributed by atoms with Crippen LogP contribution < -0.4 is 0 Å². The molecule has 0 aliphatic heterocycles. The molecular weight excluding hydrogens is 212 g/mol. The lowest BCUT2D eigenvalue weighted by atomic mass is 9.58. The Morgan fingerprint density at radius 2 is 1.88 bits per heavy atom. The fraction of sp³-hybridized carbons (Fsp3) is 1.00. The van der Waals surface area contributed by atoms with Crippen LogP contribution in [0.1, 0.15) is 47.0 Å². The van der Waals surface area contributed by atoms with Crippen molar-refractivity contribution in [2.45, 2.75) is 58.7 Å². The van der Waals surface area contributed by atoms with Gasteiger partial charge in [0.05, 0.1) is 11.7 Å². The molecule has 0 aromatic rings. The van der Waals surface area contributed by atoms with Crippen molar-refractivity contribution in [3.8, 4) is 0 Å². The monoisotopic (exact) mass is 238 g/mol. The average Bonchev–Trinajstić information content (AvgIpc) is 2.77. The Balaban J connectivity index is 1.92. The van der Waals surface area contributed by atoms with Gasteiger partial charge in [0.1, 0.15) is 0 Å². The Labute approximate surface area is 104 Å². The quantitative estimate of drug-likeness (QED) is 0.736. The van der Waals surface area contributed by atoms with Crippen LogP contribution in [0.25, 0.3) is 0 Å². The molecule has 3 saturated carbocycles. The number of rotatable bonds is 1. The van der Waals surface area contributed by atoms with E-state index in [0.29, 0.717) is 11.8 Å². The van der Waals surface area contributed by atoms with E-state index in [4.69, 9.17) is 0 Å². The van der Waals surface area contributed by atoms with Crippen LogP contribution in [-0.2, 0) is 0 Å². The molecular formula is C15H26O2. The molecule has 98 valence electrons. The minimum Gasteiger partial charge on any atom is -0.393 e. The molecule has 0 radical (unpaired) electrons. The first kappa shape index (κ1) is 12.0. The van der Waals surface area contributed by atoms with Gasteiger partial charge in [0.2, 0.25) is 0 Å². The second kappa shape index (κ2) is 3.27. The Bertz CT molecular complexity index is 336. The molecule has 0 spiro atoms. The molecule has 2 nitrogen and oxygen atoms in total. The molecule has 3 aliphatic carbocycles. The number of aliphatic hydroxyl groups excluding tert-OH is 1. The highest BCUT2D eigenvalue weighted by Crippen LogP contribution is 2.73. The lowest BCUT2D eigenvalue weighted by molar-refractivity contribution is -0.150. The Hall–Kier alpha value is -0.0800. The standard InChI is InChI=1S/C15H26O2/c1-8(2)11-9-7-14(3)10(16)5-6-15(4,17)13(14)12(9)11/h8-13,16-17H,5-7H2,1-4H3/t9-,10-,11+,12+,13+,14-,15+/m0/s1. The molecule has 0 amide bonds. The maximum atomic E-state index is 10.7. The van der Waals surface area contributed by atoms with Gasteiger partial charge in [-0.15, -0.1) is 0 Å². The van der Waals surface area contributed by atoms with Gasteiger partial charge in [-0.05, 0) is 61.2 Å². The summed E-state index contributed by atoms with van der Waals surface area (Å²) in [5.74, 6) is 3.28. The van der Waals surface area contributed by atoms with Gasteiger partial charge < -0.3 is 10.2 Å². The van der Waals surface area contributed by atoms with Crippen molar-refractivity contribution in [3.63, 3.8) is 0 Å². The summed E-state index contributed by atoms with van der Waals surface area (Å²) in [6.07, 6.45) is 2.46. The first-order valence-corrected chi connectivity index (χ1v) is 7.19. The zero-order chi connectivity index (χ0) is 12.6. The van der Waals surface area contributed by atoms with Gasteiger partial charge in [0, 0.05) is 0 Å². The van der Waals surface area contributed by atoms with Crippen LogP contribution in [0.5, 0.6) is 0 Å². The van der Waals surface area contributed by atoms with Crippen LogP contribution in [-0.4, -0.2) is 21.9 Å². The van der Waals surface area contributed by atoms with E-state index in [1.807, 2.05) is 6.92 Å². The van der Waals surface area contributed by atoms with E-state index in [1.54, 1.807) is 0 Å². The third-order valence-corrected chi connectivity index (χ3v) is 6.19. The summed E-state index contributed by atoms with van der Waals surface area (Å²) in [5.41, 5.74) is -0.584. The van der Waals surface area contributed by atoms with Crippen LogP contribution in [0.3, 0.4) is 0 Å². The van der Waals surface area contributed by atoms with Crippen molar-refractivity contribution in [1.29, 1.82) is 0 Å². The molecule has 0 saturated heterocycles. The summed E-state index contributed by atoms with van der Waals surface area (Å²) < 4.78 is 0. The average molecular weight is 238 g/mol. The third-order valence-electron chi connectivity index (χ3n) is 6.19. The Morgan fingerprint density at radius 1 is 1.24 bits per heavy atom. The molecule has 3 aliphatic rings. The van der Waals surface area contributed by atoms with Crippen LogP contribution in [0.4, 0.5) is 0 Å². The van der Waals surface area contributed by atoms with Crippen LogP contribution >= 0.6 is 0 Å². The van der Waals surface area contributed by atoms with Gasteiger partial charge in [-0.1, -0.05) is 20.8 Å². The molecule has 3 rings (SSSR count). The zero-order valence-corrected chi connectivity index (χ0v) is 11.5. The SMILES string of the molecule is CC(C)[C@@H]1[C@@H]2C[C@]3(C)[C@@H]([C@H]21)[C@](C)(O)CC[C@@H]3O. The minimum absolute atomic E-state index is 0.0253. The lowest BCUT2D eigenvalue weighted by Crippen LogP contribution is -2.54. The minimum atomic E-state index is -0.558. The van der Waals surface area contributed by atoms with Crippen LogP contribution in [0.2, 0.25) is 0 Å². The summed E-state index contributed by atoms with van der Waals surface area (Å²) in [6, 6.07) is 0. The summed E-state index contributed by atoms with van der Waals surface area (Å²) in [7, 11) is 0. The molecule has 0 aromatic heterocycles. The first-order chi connectivity index (χ1) is 7.79. The highest BCUT2D eigenvalue weighted by atomic mass is 16.3. The van der Waals surface area contributed by atoms with E-state index in [-0.39, 0.29) is 11.5 Å². The van der Waals surface area contributed by atoms with Gasteiger partial charge in [-0.2, -0.15) is 0 Å². The smallest absolute Gasteiger partial charge is 0.0657 e. The number of hydrogen-bond donors (Lipinski definition) is 2. The fourth-order valence-corrected chi connectivity index (χ4v) is 5.57. The highest BCUT2D eigenvalue weighted by Gasteiger charge is 2.72. The van der Waals surface area contributed by atoms with E-state index in [0.717, 1.165) is 37.0 Å². The maximum absolute atomic E-state index is 10.7. The van der Waals surface area contributed by atoms with Gasteiger partial charge in [0.25, 0.3) is 0 Å². The second-order valence-electron chi connectivity index (χ2n) is 7.66. The number of fused-ring (bicyclic) bond motifs is 3. The van der Waals surface area contributed by atoms with E-state index >= 15 is 0 Å². The third kappa shape index (κ3) is 1.40. The van der Waals surface area contributed by atoms with E-state index < -0.39 is 5.60 Å². The number of aliphatic hydroxyl groups is 2. The Kier molecular flexibility index (Phi) is 2.30. The van der Waals surface area contributed by atoms with Crippen molar-refractivity contribution < 1.29 is 10.2 Å². The molecule has 0 bridgehead atoms. The fourth-order valence-electron chi connectivity index (χ4n) is 5.57. The molecule has 7 atom stereocenters. The molecule has 2 heteroatoms. The summed E-state index contributed by atoms with van der Waals surface area (Å²) in [6.45, 7) is 8.81. The van der Waals surface area contributed by atoms with Gasteiger partial charge in [-0.25, -0.2) is 0 Å². The first-order valence-electron chi connectivity index (χ1n) is 7.19. The Morgan fingerprint density at radius 3 is 2.47 bits per heavy atom. The van der Waals surface area contributed by atoms with Gasteiger partial charge in [0.15, 0.2) is 0 Å². The summed E-state index contributed by atoms with van der Waals surface area (Å²) in [5, 5.41) is 21.0. The van der Waals surface area contributed by atoms with Gasteiger partial charge in [-0.3, -0.25) is 0 Å². The second-order valence-corrected chi connectivity index (χ2v) is 7.66. The predicted molar refractivity (Wildman–Crippen MR) is 67.4 cm³/mol. The van der Waals surface area contributed by atoms with Crippen molar-refractivity contribution >= 4 is 0 Å². The van der Waals surface area contributed by atoms with E-state index in [1.165, 1.54) is 0 Å². The normalized spacial score (nSPS) is 61.2. The highest BCUT2D eigenvalue weighted by molar-refractivity contribution is 5.20. The van der Waals surface area contributed by atoms with Crippen molar-refractivity contribution in [2.24, 2.45) is 35.0 Å². The largest absolute Gasteiger partial charge is 0.393 e. The zero-order valence-electron chi connectivity index (χ0n) is 11.5. The topological polar surface area (TPSA) is 40.5 Å².